The van der Waals surface area contributed by atoms with Gasteiger partial charge in [-0.3, -0.25) is 9.59 Å². The SMILES string of the molecule is O=C(COC(=O)[C@@H]1CCC(=O)N1)Nc1ccc(OC(F)F)cc1. The molecule has 7 nitrogen and oxygen atoms in total. The lowest BCUT2D eigenvalue weighted by Crippen LogP contribution is -2.36. The number of rotatable bonds is 6. The average Bonchev–Trinajstić information content (AvgIpc) is 2.93. The molecule has 0 unspecified atom stereocenters. The summed E-state index contributed by atoms with van der Waals surface area (Å²) in [5, 5.41) is 4.86. The Morgan fingerprint density at radius 3 is 2.57 bits per heavy atom. The highest BCUT2D eigenvalue weighted by Gasteiger charge is 2.28. The van der Waals surface area contributed by atoms with E-state index in [2.05, 4.69) is 15.4 Å². The Morgan fingerprint density at radius 1 is 1.30 bits per heavy atom. The van der Waals surface area contributed by atoms with E-state index >= 15 is 0 Å². The monoisotopic (exact) mass is 328 g/mol. The minimum absolute atomic E-state index is 0.0404. The van der Waals surface area contributed by atoms with Crippen molar-refractivity contribution in [1.82, 2.24) is 5.32 Å². The molecule has 1 atom stereocenters. The summed E-state index contributed by atoms with van der Waals surface area (Å²) < 4.78 is 32.9. The lowest BCUT2D eigenvalue weighted by Gasteiger charge is -2.10. The molecule has 2 amide bonds. The molecule has 1 aliphatic rings. The van der Waals surface area contributed by atoms with Gasteiger partial charge in [0.05, 0.1) is 0 Å². The molecule has 1 fully saturated rings. The van der Waals surface area contributed by atoms with E-state index < -0.39 is 31.1 Å². The number of amides is 2. The van der Waals surface area contributed by atoms with Crippen molar-refractivity contribution in [3.05, 3.63) is 24.3 Å². The summed E-state index contributed by atoms with van der Waals surface area (Å²) in [5.41, 5.74) is 0.335. The normalized spacial score (nSPS) is 16.8. The molecule has 1 aromatic carbocycles. The van der Waals surface area contributed by atoms with Crippen molar-refractivity contribution >= 4 is 23.5 Å². The molecular formula is C14H14F2N2O5. The predicted molar refractivity (Wildman–Crippen MR) is 73.8 cm³/mol. The van der Waals surface area contributed by atoms with Crippen LogP contribution in [0.3, 0.4) is 0 Å². The standard InChI is InChI=1S/C14H14F2N2O5/c15-14(16)23-9-3-1-8(2-4-9)17-12(20)7-22-13(21)10-5-6-11(19)18-10/h1-4,10,14H,5-7H2,(H,17,20)(H,18,19)/t10-/m0/s1. The predicted octanol–water partition coefficient (Wildman–Crippen LogP) is 1.05. The first kappa shape index (κ1) is 16.7. The van der Waals surface area contributed by atoms with Gasteiger partial charge in [0.2, 0.25) is 5.91 Å². The summed E-state index contributed by atoms with van der Waals surface area (Å²) in [6, 6.07) is 4.55. The number of anilines is 1. The fraction of sp³-hybridized carbons (Fsp3) is 0.357. The second kappa shape index (κ2) is 7.52. The van der Waals surface area contributed by atoms with E-state index in [1.165, 1.54) is 24.3 Å². The molecule has 0 radical (unpaired) electrons. The molecule has 124 valence electrons. The maximum absolute atomic E-state index is 12.0. The number of halogens is 2. The summed E-state index contributed by atoms with van der Waals surface area (Å²) in [6.07, 6.45) is 0.587. The molecule has 0 bridgehead atoms. The Labute approximate surface area is 129 Å². The smallest absolute Gasteiger partial charge is 0.387 e. The minimum atomic E-state index is -2.93. The zero-order valence-corrected chi connectivity index (χ0v) is 11.9. The second-order valence-corrected chi connectivity index (χ2v) is 4.72. The quantitative estimate of drug-likeness (QED) is 0.761. The molecule has 1 aliphatic heterocycles. The topological polar surface area (TPSA) is 93.7 Å². The third-order valence-corrected chi connectivity index (χ3v) is 2.99. The highest BCUT2D eigenvalue weighted by Crippen LogP contribution is 2.17. The van der Waals surface area contributed by atoms with Gasteiger partial charge in [0.25, 0.3) is 5.91 Å². The fourth-order valence-corrected chi connectivity index (χ4v) is 1.94. The van der Waals surface area contributed by atoms with Gasteiger partial charge in [0, 0.05) is 12.1 Å². The van der Waals surface area contributed by atoms with Crippen LogP contribution in [0.4, 0.5) is 14.5 Å². The van der Waals surface area contributed by atoms with Crippen LogP contribution in [-0.4, -0.2) is 37.0 Å². The highest BCUT2D eigenvalue weighted by molar-refractivity contribution is 5.94. The lowest BCUT2D eigenvalue weighted by atomic mass is 10.2. The van der Waals surface area contributed by atoms with Crippen molar-refractivity contribution in [1.29, 1.82) is 0 Å². The number of hydrogen-bond donors (Lipinski definition) is 2. The third-order valence-electron chi connectivity index (χ3n) is 2.99. The van der Waals surface area contributed by atoms with Crippen molar-refractivity contribution in [2.24, 2.45) is 0 Å². The summed E-state index contributed by atoms with van der Waals surface area (Å²) in [5.74, 6) is -1.54. The zero-order chi connectivity index (χ0) is 16.8. The maximum Gasteiger partial charge on any atom is 0.387 e. The Bertz CT molecular complexity index is 591. The summed E-state index contributed by atoms with van der Waals surface area (Å²) in [4.78, 5) is 34.2. The van der Waals surface area contributed by atoms with Gasteiger partial charge >= 0.3 is 12.6 Å². The summed E-state index contributed by atoms with van der Waals surface area (Å²) in [6.45, 7) is -3.44. The Kier molecular flexibility index (Phi) is 5.45. The van der Waals surface area contributed by atoms with Gasteiger partial charge in [-0.25, -0.2) is 4.79 Å². The summed E-state index contributed by atoms with van der Waals surface area (Å²) in [7, 11) is 0. The number of carbonyl (C=O) groups is 3. The maximum atomic E-state index is 12.0. The number of esters is 1. The van der Waals surface area contributed by atoms with Gasteiger partial charge in [-0.1, -0.05) is 0 Å². The number of alkyl halides is 2. The van der Waals surface area contributed by atoms with Gasteiger partial charge in [0.15, 0.2) is 6.61 Å². The molecule has 0 spiro atoms. The summed E-state index contributed by atoms with van der Waals surface area (Å²) >= 11 is 0. The van der Waals surface area contributed by atoms with Crippen LogP contribution in [0.15, 0.2) is 24.3 Å². The molecule has 9 heteroatoms. The molecule has 1 heterocycles. The van der Waals surface area contributed by atoms with Crippen molar-refractivity contribution < 1.29 is 32.6 Å². The number of nitrogens with one attached hydrogen (secondary N) is 2. The first-order valence-electron chi connectivity index (χ1n) is 6.75. The molecule has 0 aromatic heterocycles. The largest absolute Gasteiger partial charge is 0.454 e. The molecule has 1 saturated heterocycles. The van der Waals surface area contributed by atoms with Crippen molar-refractivity contribution in [2.75, 3.05) is 11.9 Å². The molecule has 0 aliphatic carbocycles. The van der Waals surface area contributed by atoms with Crippen LogP contribution in [0.5, 0.6) is 5.75 Å². The minimum Gasteiger partial charge on any atom is -0.454 e. The van der Waals surface area contributed by atoms with E-state index in [-0.39, 0.29) is 18.1 Å². The van der Waals surface area contributed by atoms with Gasteiger partial charge in [-0.15, -0.1) is 0 Å². The highest BCUT2D eigenvalue weighted by atomic mass is 19.3. The third kappa shape index (κ3) is 5.20. The van der Waals surface area contributed by atoms with Gasteiger partial charge in [-0.05, 0) is 30.7 Å². The zero-order valence-electron chi connectivity index (χ0n) is 11.9. The number of hydrogen-bond acceptors (Lipinski definition) is 5. The van der Waals surface area contributed by atoms with Gasteiger partial charge < -0.3 is 20.1 Å². The molecule has 1 aromatic rings. The Balaban J connectivity index is 1.76. The fourth-order valence-electron chi connectivity index (χ4n) is 1.94. The van der Waals surface area contributed by atoms with E-state index in [9.17, 15) is 23.2 Å². The molecule has 23 heavy (non-hydrogen) atoms. The van der Waals surface area contributed by atoms with E-state index in [4.69, 9.17) is 4.74 Å². The van der Waals surface area contributed by atoms with Crippen molar-refractivity contribution in [3.63, 3.8) is 0 Å². The van der Waals surface area contributed by atoms with Crippen LogP contribution >= 0.6 is 0 Å². The van der Waals surface area contributed by atoms with Crippen LogP contribution in [0, 0.1) is 0 Å². The van der Waals surface area contributed by atoms with Gasteiger partial charge in [-0.2, -0.15) is 8.78 Å². The number of benzene rings is 1. The van der Waals surface area contributed by atoms with E-state index in [0.29, 0.717) is 12.1 Å². The van der Waals surface area contributed by atoms with E-state index in [0.717, 1.165) is 0 Å². The van der Waals surface area contributed by atoms with Crippen molar-refractivity contribution in [2.45, 2.75) is 25.5 Å². The molecule has 2 N–H and O–H groups in total. The molecular weight excluding hydrogens is 314 g/mol. The Hall–Kier alpha value is -2.71. The lowest BCUT2D eigenvalue weighted by molar-refractivity contribution is -0.149. The van der Waals surface area contributed by atoms with Crippen LogP contribution in [0.25, 0.3) is 0 Å². The average molecular weight is 328 g/mol. The van der Waals surface area contributed by atoms with Crippen molar-refractivity contribution in [3.8, 4) is 5.75 Å². The number of ether oxygens (including phenoxy) is 2. The molecule has 0 saturated carbocycles. The number of carbonyl (C=O) groups excluding carboxylic acids is 3. The van der Waals surface area contributed by atoms with Crippen LogP contribution in [-0.2, 0) is 19.1 Å². The first-order valence-corrected chi connectivity index (χ1v) is 6.75. The molecule has 2 rings (SSSR count). The van der Waals surface area contributed by atoms with E-state index in [1.807, 2.05) is 0 Å². The van der Waals surface area contributed by atoms with Crippen LogP contribution in [0.1, 0.15) is 12.8 Å². The van der Waals surface area contributed by atoms with Gasteiger partial charge in [0.1, 0.15) is 11.8 Å². The Morgan fingerprint density at radius 2 is 2.00 bits per heavy atom. The van der Waals surface area contributed by atoms with E-state index in [1.54, 1.807) is 0 Å². The van der Waals surface area contributed by atoms with Crippen LogP contribution in [0.2, 0.25) is 0 Å². The first-order chi connectivity index (χ1) is 10.9. The second-order valence-electron chi connectivity index (χ2n) is 4.72. The van der Waals surface area contributed by atoms with Crippen LogP contribution < -0.4 is 15.4 Å².